The van der Waals surface area contributed by atoms with Crippen LogP contribution < -0.4 is 10.3 Å². The van der Waals surface area contributed by atoms with Crippen molar-refractivity contribution in [3.05, 3.63) is 74.0 Å². The molecular formula is C25H24ClF5N4O3. The van der Waals surface area contributed by atoms with Crippen LogP contribution in [-0.4, -0.2) is 35.5 Å². The molecule has 0 N–H and O–H groups in total. The van der Waals surface area contributed by atoms with Crippen molar-refractivity contribution in [2.45, 2.75) is 45.8 Å². The van der Waals surface area contributed by atoms with E-state index in [-0.39, 0.29) is 39.8 Å². The predicted molar refractivity (Wildman–Crippen MR) is 132 cm³/mol. The minimum absolute atomic E-state index is 0.0166. The largest absolute Gasteiger partial charge is 0.481 e. The Bertz CT molecular complexity index is 1380. The summed E-state index contributed by atoms with van der Waals surface area (Å²) < 4.78 is 81.1. The number of methoxy groups -OCH3 is 1. The quantitative estimate of drug-likeness (QED) is 0.158. The number of benzene rings is 1. The van der Waals surface area contributed by atoms with Gasteiger partial charge >= 0.3 is 6.18 Å². The minimum Gasteiger partial charge on any atom is -0.481 e. The lowest BCUT2D eigenvalue weighted by atomic mass is 9.99. The Morgan fingerprint density at radius 1 is 1.26 bits per heavy atom. The normalized spacial score (nSPS) is 13.6. The molecule has 0 saturated heterocycles. The maximum Gasteiger partial charge on any atom is 0.437 e. The van der Waals surface area contributed by atoms with Gasteiger partial charge in [0.05, 0.1) is 31.6 Å². The molecule has 38 heavy (non-hydrogen) atoms. The number of alkyl halides is 5. The van der Waals surface area contributed by atoms with Gasteiger partial charge in [-0.05, 0) is 37.6 Å². The highest BCUT2D eigenvalue weighted by molar-refractivity contribution is 6.30. The lowest BCUT2D eigenvalue weighted by Gasteiger charge is -2.19. The Balaban J connectivity index is 2.76. The number of nitrogens with zero attached hydrogens (tertiary/aromatic N) is 4. The minimum atomic E-state index is -5.08. The number of hydrogen-bond acceptors (Lipinski definition) is 6. The summed E-state index contributed by atoms with van der Waals surface area (Å²) in [6.07, 6.45) is -3.08. The summed E-state index contributed by atoms with van der Waals surface area (Å²) in [5, 5.41) is 9.09. The Labute approximate surface area is 220 Å². The molecule has 13 heteroatoms. The Kier molecular flexibility index (Phi) is 9.81. The summed E-state index contributed by atoms with van der Waals surface area (Å²) in [4.78, 5) is 20.5. The van der Waals surface area contributed by atoms with E-state index in [0.29, 0.717) is 18.8 Å². The van der Waals surface area contributed by atoms with Crippen molar-refractivity contribution >= 4 is 17.5 Å². The van der Waals surface area contributed by atoms with Crippen LogP contribution >= 0.6 is 11.6 Å². The van der Waals surface area contributed by atoms with Crippen LogP contribution in [0.3, 0.4) is 0 Å². The molecule has 1 aromatic carbocycles. The van der Waals surface area contributed by atoms with E-state index in [4.69, 9.17) is 26.3 Å². The molecule has 2 rings (SSSR count). The van der Waals surface area contributed by atoms with Gasteiger partial charge in [-0.15, -0.1) is 0 Å². The molecule has 0 aliphatic heterocycles. The monoisotopic (exact) mass is 558 g/mol. The van der Waals surface area contributed by atoms with Gasteiger partial charge in [0, 0.05) is 30.1 Å². The summed E-state index contributed by atoms with van der Waals surface area (Å²) in [6, 6.07) is 5.23. The molecular weight excluding hydrogens is 535 g/mol. The fraction of sp³-hybridized carbons (Fsp3) is 0.360. The molecule has 7 nitrogen and oxygen atoms in total. The van der Waals surface area contributed by atoms with Crippen LogP contribution in [0.1, 0.15) is 38.4 Å². The lowest BCUT2D eigenvalue weighted by molar-refractivity contribution is -0.142. The molecule has 2 aromatic rings. The summed E-state index contributed by atoms with van der Waals surface area (Å²) in [5.41, 5.74) is -2.96. The van der Waals surface area contributed by atoms with Gasteiger partial charge in [0.1, 0.15) is 5.75 Å². The number of allylic oxidation sites excluding steroid dienone is 3. The topological polar surface area (TPSA) is 89.5 Å². The molecule has 0 aliphatic rings. The summed E-state index contributed by atoms with van der Waals surface area (Å²) in [7, 11) is 2.55. The van der Waals surface area contributed by atoms with Gasteiger partial charge in [0.2, 0.25) is 11.6 Å². The van der Waals surface area contributed by atoms with Gasteiger partial charge in [-0.1, -0.05) is 24.1 Å². The molecule has 0 fully saturated rings. The van der Waals surface area contributed by atoms with Gasteiger partial charge in [0.15, 0.2) is 5.69 Å². The van der Waals surface area contributed by atoms with Crippen molar-refractivity contribution in [1.82, 2.24) is 9.55 Å². The van der Waals surface area contributed by atoms with E-state index in [1.807, 2.05) is 0 Å². The second-order valence-electron chi connectivity index (χ2n) is 8.08. The predicted octanol–water partition coefficient (Wildman–Crippen LogP) is 6.56. The first kappa shape index (κ1) is 30.5. The van der Waals surface area contributed by atoms with E-state index in [2.05, 4.69) is 9.98 Å². The van der Waals surface area contributed by atoms with Crippen molar-refractivity contribution in [2.75, 3.05) is 14.2 Å². The maximum absolute atomic E-state index is 14.4. The van der Waals surface area contributed by atoms with Crippen molar-refractivity contribution < 1.29 is 31.4 Å². The highest BCUT2D eigenvalue weighted by Crippen LogP contribution is 2.35. The first-order valence-electron chi connectivity index (χ1n) is 11.0. The molecule has 0 atom stereocenters. The van der Waals surface area contributed by atoms with Gasteiger partial charge in [-0.2, -0.15) is 18.4 Å². The van der Waals surface area contributed by atoms with Crippen molar-refractivity contribution in [2.24, 2.45) is 4.99 Å². The zero-order chi connectivity index (χ0) is 28.8. The summed E-state index contributed by atoms with van der Waals surface area (Å²) >= 11 is 5.90. The van der Waals surface area contributed by atoms with Crippen LogP contribution in [0, 0.1) is 11.3 Å². The van der Waals surface area contributed by atoms with E-state index in [1.54, 1.807) is 13.0 Å². The smallest absolute Gasteiger partial charge is 0.437 e. The molecule has 0 aliphatic carbocycles. The standard InChI is InChI=1S/C25H24ClF5N4O3/c1-6-14(2)19(24(3,27)28)9-16(22(33-4)37-5)12-35-13-34-21(25(29,30)31)20(23(35)36)38-18-8-15(11-32)7-17(26)10-18/h7-10,13H,6,12H2,1-5H3/b16-9-,19-14-,33-22?. The molecule has 0 saturated carbocycles. The Hall–Kier alpha value is -3.72. The van der Waals surface area contributed by atoms with Gasteiger partial charge in [-0.25, -0.2) is 13.8 Å². The molecule has 1 heterocycles. The molecule has 1 aromatic heterocycles. The fourth-order valence-electron chi connectivity index (χ4n) is 3.39. The number of rotatable bonds is 8. The fourth-order valence-corrected chi connectivity index (χ4v) is 3.62. The van der Waals surface area contributed by atoms with Crippen molar-refractivity contribution in [1.29, 1.82) is 5.26 Å². The average molecular weight is 559 g/mol. The molecule has 0 spiro atoms. The molecule has 0 bridgehead atoms. The number of aliphatic imine (C=N–C) groups is 1. The highest BCUT2D eigenvalue weighted by Gasteiger charge is 2.39. The number of halogens is 6. The van der Waals surface area contributed by atoms with Gasteiger partial charge in [-0.3, -0.25) is 14.4 Å². The highest BCUT2D eigenvalue weighted by atomic mass is 35.5. The third kappa shape index (κ3) is 7.41. The average Bonchev–Trinajstić information content (AvgIpc) is 2.82. The zero-order valence-electron chi connectivity index (χ0n) is 21.1. The van der Waals surface area contributed by atoms with E-state index in [9.17, 15) is 26.7 Å². The van der Waals surface area contributed by atoms with E-state index < -0.39 is 35.6 Å². The van der Waals surface area contributed by atoms with Crippen LogP contribution in [-0.2, 0) is 17.5 Å². The molecule has 0 unspecified atom stereocenters. The van der Waals surface area contributed by atoms with E-state index in [1.165, 1.54) is 27.1 Å². The second kappa shape index (κ2) is 12.2. The summed E-state index contributed by atoms with van der Waals surface area (Å²) in [5.74, 6) is -4.91. The van der Waals surface area contributed by atoms with Crippen LogP contribution in [0.4, 0.5) is 22.0 Å². The maximum atomic E-state index is 14.4. The third-order valence-electron chi connectivity index (χ3n) is 5.28. The van der Waals surface area contributed by atoms with Crippen LogP contribution in [0.2, 0.25) is 5.02 Å². The number of aromatic nitrogens is 2. The molecule has 204 valence electrons. The third-order valence-corrected chi connectivity index (χ3v) is 5.50. The molecule has 0 radical (unpaired) electrons. The van der Waals surface area contributed by atoms with Crippen LogP contribution in [0.25, 0.3) is 0 Å². The number of nitriles is 1. The van der Waals surface area contributed by atoms with E-state index in [0.717, 1.165) is 22.8 Å². The SMILES string of the molecule is CC/C(C)=C(/C=C(/Cn1cnc(C(F)(F)F)c(Oc2cc(Cl)cc(C#N)c2)c1=O)C(=NC)OC)C(C)(F)F. The lowest BCUT2D eigenvalue weighted by Crippen LogP contribution is -2.28. The number of hydrogen-bond donors (Lipinski definition) is 0. The zero-order valence-corrected chi connectivity index (χ0v) is 21.8. The molecule has 0 amide bonds. The van der Waals surface area contributed by atoms with Crippen LogP contribution in [0.15, 0.2) is 57.1 Å². The van der Waals surface area contributed by atoms with Crippen LogP contribution in [0.5, 0.6) is 11.5 Å². The van der Waals surface area contributed by atoms with E-state index >= 15 is 0 Å². The van der Waals surface area contributed by atoms with Crippen molar-refractivity contribution in [3.8, 4) is 17.6 Å². The number of ether oxygens (including phenoxy) is 2. The second-order valence-corrected chi connectivity index (χ2v) is 8.52. The first-order valence-corrected chi connectivity index (χ1v) is 11.4. The van der Waals surface area contributed by atoms with Crippen molar-refractivity contribution in [3.63, 3.8) is 0 Å². The first-order chi connectivity index (χ1) is 17.7. The Morgan fingerprint density at radius 2 is 1.92 bits per heavy atom. The Morgan fingerprint density at radius 3 is 2.42 bits per heavy atom. The summed E-state index contributed by atoms with van der Waals surface area (Å²) in [6.45, 7) is 3.36. The van der Waals surface area contributed by atoms with Gasteiger partial charge in [0.25, 0.3) is 11.5 Å². The van der Waals surface area contributed by atoms with Gasteiger partial charge < -0.3 is 9.47 Å².